The third-order valence-electron chi connectivity index (χ3n) is 1.66. The van der Waals surface area contributed by atoms with Crippen LogP contribution in [0.5, 0.6) is 0 Å². The summed E-state index contributed by atoms with van der Waals surface area (Å²) in [5, 5.41) is 3.55. The molecule has 1 atom stereocenters. The van der Waals surface area contributed by atoms with Crippen LogP contribution in [0.2, 0.25) is 0 Å². The number of halogens is 1. The van der Waals surface area contributed by atoms with Crippen LogP contribution in [0.1, 0.15) is 34.6 Å². The van der Waals surface area contributed by atoms with Gasteiger partial charge in [0.1, 0.15) is 0 Å². The Morgan fingerprint density at radius 3 is 1.70 bits per heavy atom. The SMILES string of the molecule is CC(C)NC(C)(C)C(C)Cl. The molecule has 0 spiro atoms. The molecule has 2 heteroatoms. The highest BCUT2D eigenvalue weighted by Gasteiger charge is 2.23. The van der Waals surface area contributed by atoms with Gasteiger partial charge < -0.3 is 5.32 Å². The van der Waals surface area contributed by atoms with Gasteiger partial charge >= 0.3 is 0 Å². The molecule has 1 unspecified atom stereocenters. The molecule has 0 aromatic carbocycles. The smallest absolute Gasteiger partial charge is 0.0484 e. The van der Waals surface area contributed by atoms with Crippen molar-refractivity contribution >= 4 is 11.6 Å². The van der Waals surface area contributed by atoms with E-state index in [9.17, 15) is 0 Å². The molecule has 1 N–H and O–H groups in total. The lowest BCUT2D eigenvalue weighted by atomic mass is 10.0. The summed E-state index contributed by atoms with van der Waals surface area (Å²) >= 11 is 5.95. The van der Waals surface area contributed by atoms with Crippen LogP contribution < -0.4 is 5.32 Å². The lowest BCUT2D eigenvalue weighted by Crippen LogP contribution is -2.49. The van der Waals surface area contributed by atoms with Gasteiger partial charge in [-0.1, -0.05) is 13.8 Å². The van der Waals surface area contributed by atoms with Crippen molar-refractivity contribution in [2.24, 2.45) is 0 Å². The predicted octanol–water partition coefficient (Wildman–Crippen LogP) is 2.39. The zero-order valence-corrected chi connectivity index (χ0v) is 8.29. The molecule has 62 valence electrons. The molecule has 0 bridgehead atoms. The molecule has 0 aliphatic rings. The van der Waals surface area contributed by atoms with E-state index in [1.54, 1.807) is 0 Å². The summed E-state index contributed by atoms with van der Waals surface area (Å²) < 4.78 is 0. The molecular formula is C8H18ClN. The maximum absolute atomic E-state index is 5.95. The summed E-state index contributed by atoms with van der Waals surface area (Å²) in [4.78, 5) is 0. The molecule has 0 fully saturated rings. The van der Waals surface area contributed by atoms with E-state index in [-0.39, 0.29) is 10.9 Å². The van der Waals surface area contributed by atoms with Crippen molar-refractivity contribution < 1.29 is 0 Å². The van der Waals surface area contributed by atoms with E-state index in [4.69, 9.17) is 11.6 Å². The number of hydrogen-bond donors (Lipinski definition) is 1. The maximum atomic E-state index is 5.95. The zero-order chi connectivity index (χ0) is 8.36. The minimum atomic E-state index is 0.0374. The Kier molecular flexibility index (Phi) is 3.68. The first-order valence-electron chi connectivity index (χ1n) is 3.78. The number of hydrogen-bond acceptors (Lipinski definition) is 1. The minimum absolute atomic E-state index is 0.0374. The van der Waals surface area contributed by atoms with Crippen molar-refractivity contribution in [3.8, 4) is 0 Å². The number of alkyl halides is 1. The highest BCUT2D eigenvalue weighted by atomic mass is 35.5. The molecule has 0 saturated carbocycles. The topological polar surface area (TPSA) is 12.0 Å². The van der Waals surface area contributed by atoms with Gasteiger partial charge in [-0.15, -0.1) is 11.6 Å². The average molecular weight is 164 g/mol. The van der Waals surface area contributed by atoms with Gasteiger partial charge in [0.25, 0.3) is 0 Å². The van der Waals surface area contributed by atoms with Crippen molar-refractivity contribution in [2.45, 2.75) is 51.6 Å². The highest BCUT2D eigenvalue weighted by Crippen LogP contribution is 2.14. The van der Waals surface area contributed by atoms with Gasteiger partial charge in [-0.25, -0.2) is 0 Å². The molecule has 0 saturated heterocycles. The van der Waals surface area contributed by atoms with E-state index in [0.717, 1.165) is 0 Å². The van der Waals surface area contributed by atoms with E-state index in [1.165, 1.54) is 0 Å². The fraction of sp³-hybridized carbons (Fsp3) is 1.00. The van der Waals surface area contributed by atoms with Crippen molar-refractivity contribution in [1.29, 1.82) is 0 Å². The molecule has 0 aliphatic heterocycles. The van der Waals surface area contributed by atoms with Crippen molar-refractivity contribution in [3.05, 3.63) is 0 Å². The second-order valence-electron chi connectivity index (χ2n) is 3.64. The van der Waals surface area contributed by atoms with Crippen LogP contribution in [0, 0.1) is 0 Å². The lowest BCUT2D eigenvalue weighted by molar-refractivity contribution is 0.350. The van der Waals surface area contributed by atoms with Crippen molar-refractivity contribution in [2.75, 3.05) is 0 Å². The summed E-state index contributed by atoms with van der Waals surface area (Å²) in [6, 6.07) is 0.496. The van der Waals surface area contributed by atoms with Crippen LogP contribution in [-0.2, 0) is 0 Å². The number of nitrogens with one attached hydrogen (secondary N) is 1. The van der Waals surface area contributed by atoms with Gasteiger partial charge in [0, 0.05) is 17.0 Å². The molecule has 0 aromatic heterocycles. The largest absolute Gasteiger partial charge is 0.308 e. The van der Waals surface area contributed by atoms with Gasteiger partial charge in [0.15, 0.2) is 0 Å². The van der Waals surface area contributed by atoms with Crippen LogP contribution in [0.25, 0.3) is 0 Å². The average Bonchev–Trinajstić information content (AvgIpc) is 1.60. The summed E-state index contributed by atoms with van der Waals surface area (Å²) in [7, 11) is 0. The molecule has 0 radical (unpaired) electrons. The second-order valence-corrected chi connectivity index (χ2v) is 4.29. The molecule has 0 heterocycles. The number of rotatable bonds is 3. The quantitative estimate of drug-likeness (QED) is 0.631. The molecule has 10 heavy (non-hydrogen) atoms. The van der Waals surface area contributed by atoms with Gasteiger partial charge in [-0.2, -0.15) is 0 Å². The van der Waals surface area contributed by atoms with Crippen molar-refractivity contribution in [3.63, 3.8) is 0 Å². The van der Waals surface area contributed by atoms with Crippen LogP contribution in [0.4, 0.5) is 0 Å². The predicted molar refractivity (Wildman–Crippen MR) is 47.7 cm³/mol. The van der Waals surface area contributed by atoms with E-state index < -0.39 is 0 Å². The van der Waals surface area contributed by atoms with E-state index in [0.29, 0.717) is 6.04 Å². The van der Waals surface area contributed by atoms with Crippen LogP contribution >= 0.6 is 11.6 Å². The molecular weight excluding hydrogens is 146 g/mol. The third kappa shape index (κ3) is 3.43. The first kappa shape index (κ1) is 10.2. The Balaban J connectivity index is 3.87. The first-order chi connectivity index (χ1) is 4.36. The summed E-state index contributed by atoms with van der Waals surface area (Å²) in [5.41, 5.74) is 0.0374. The minimum Gasteiger partial charge on any atom is -0.308 e. The Morgan fingerprint density at radius 1 is 1.20 bits per heavy atom. The fourth-order valence-corrected chi connectivity index (χ4v) is 0.922. The van der Waals surface area contributed by atoms with E-state index in [2.05, 4.69) is 33.0 Å². The first-order valence-corrected chi connectivity index (χ1v) is 4.21. The highest BCUT2D eigenvalue weighted by molar-refractivity contribution is 6.21. The van der Waals surface area contributed by atoms with Gasteiger partial charge in [0.2, 0.25) is 0 Å². The molecule has 0 rings (SSSR count). The van der Waals surface area contributed by atoms with Gasteiger partial charge in [0.05, 0.1) is 0 Å². The molecule has 0 amide bonds. The Bertz CT molecular complexity index is 97.4. The van der Waals surface area contributed by atoms with E-state index >= 15 is 0 Å². The normalized spacial score (nSPS) is 15.9. The second kappa shape index (κ2) is 3.59. The van der Waals surface area contributed by atoms with Gasteiger partial charge in [-0.05, 0) is 20.8 Å². The molecule has 0 aromatic rings. The van der Waals surface area contributed by atoms with Crippen LogP contribution in [0.3, 0.4) is 0 Å². The van der Waals surface area contributed by atoms with Crippen molar-refractivity contribution in [1.82, 2.24) is 5.32 Å². The molecule has 0 aliphatic carbocycles. The monoisotopic (exact) mass is 163 g/mol. The van der Waals surface area contributed by atoms with Crippen LogP contribution in [0.15, 0.2) is 0 Å². The Morgan fingerprint density at radius 2 is 1.60 bits per heavy atom. The maximum Gasteiger partial charge on any atom is 0.0484 e. The lowest BCUT2D eigenvalue weighted by Gasteiger charge is -2.31. The fourth-order valence-electron chi connectivity index (χ4n) is 0.859. The summed E-state index contributed by atoms with van der Waals surface area (Å²) in [6.45, 7) is 10.5. The van der Waals surface area contributed by atoms with E-state index in [1.807, 2.05) is 6.92 Å². The molecule has 1 nitrogen and oxygen atoms in total. The zero-order valence-electron chi connectivity index (χ0n) is 7.53. The van der Waals surface area contributed by atoms with Crippen LogP contribution in [-0.4, -0.2) is 17.0 Å². The third-order valence-corrected chi connectivity index (χ3v) is 2.20. The van der Waals surface area contributed by atoms with Gasteiger partial charge in [-0.3, -0.25) is 0 Å². The Labute approximate surface area is 69.1 Å². The standard InChI is InChI=1S/C8H18ClN/c1-6(2)10-8(4,5)7(3)9/h6-7,10H,1-5H3. The Hall–Kier alpha value is 0.250. The summed E-state index contributed by atoms with van der Waals surface area (Å²) in [5.74, 6) is 0. The summed E-state index contributed by atoms with van der Waals surface area (Å²) in [6.07, 6.45) is 0.